The van der Waals surface area contributed by atoms with Gasteiger partial charge in [0.15, 0.2) is 0 Å². The van der Waals surface area contributed by atoms with Crippen molar-refractivity contribution in [3.05, 3.63) is 24.3 Å². The normalized spacial score (nSPS) is 12.5. The van der Waals surface area contributed by atoms with E-state index >= 15 is 0 Å². The van der Waals surface area contributed by atoms with E-state index in [9.17, 15) is 0 Å². The third kappa shape index (κ3) is 5.20. The van der Waals surface area contributed by atoms with E-state index < -0.39 is 8.07 Å². The monoisotopic (exact) mass is 278 g/mol. The lowest BCUT2D eigenvalue weighted by Gasteiger charge is -2.12. The van der Waals surface area contributed by atoms with Gasteiger partial charge in [0, 0.05) is 0 Å². The summed E-state index contributed by atoms with van der Waals surface area (Å²) in [5, 5.41) is 0.355. The van der Waals surface area contributed by atoms with Crippen molar-refractivity contribution >= 4 is 19.8 Å². The molecule has 0 aliphatic heterocycles. The minimum absolute atomic E-state index is 0.355. The van der Waals surface area contributed by atoms with Crippen LogP contribution < -0.4 is 4.74 Å². The van der Waals surface area contributed by atoms with Gasteiger partial charge in [0.05, 0.1) is 17.3 Å². The highest BCUT2D eigenvalue weighted by Gasteiger charge is 2.11. The van der Waals surface area contributed by atoms with Crippen LogP contribution in [0.2, 0.25) is 19.6 Å². The Kier molecular flexibility index (Phi) is 5.84. The van der Waals surface area contributed by atoms with Crippen LogP contribution in [-0.2, 0) is 0 Å². The zero-order chi connectivity index (χ0) is 13.6. The van der Waals surface area contributed by atoms with Gasteiger partial charge in [-0.3, -0.25) is 0 Å². The summed E-state index contributed by atoms with van der Waals surface area (Å²) in [6.45, 7) is 9.02. The maximum Gasteiger partial charge on any atom is 0.132 e. The molecule has 0 fully saturated rings. The van der Waals surface area contributed by atoms with Gasteiger partial charge >= 0.3 is 0 Å². The molecule has 0 N–H and O–H groups in total. The van der Waals surface area contributed by atoms with Gasteiger partial charge < -0.3 is 4.74 Å². The van der Waals surface area contributed by atoms with Gasteiger partial charge in [-0.05, 0) is 18.6 Å². The fraction of sp³-hybridized carbons (Fsp3) is 0.467. The lowest BCUT2D eigenvalue weighted by Crippen LogP contribution is -2.17. The Bertz CT molecular complexity index is 440. The Morgan fingerprint density at radius 2 is 1.94 bits per heavy atom. The first-order valence-corrected chi connectivity index (χ1v) is 10.7. The molecule has 1 nitrogen and oxygen atoms in total. The third-order valence-corrected chi connectivity index (χ3v) is 4.54. The third-order valence-electron chi connectivity index (χ3n) is 2.32. The van der Waals surface area contributed by atoms with Gasteiger partial charge in [0.2, 0.25) is 0 Å². The van der Waals surface area contributed by atoms with Crippen molar-refractivity contribution in [2.75, 3.05) is 7.11 Å². The Morgan fingerprint density at radius 1 is 1.28 bits per heavy atom. The van der Waals surface area contributed by atoms with E-state index in [1.807, 2.05) is 18.2 Å². The van der Waals surface area contributed by atoms with E-state index in [0.29, 0.717) is 5.25 Å². The molecule has 0 spiro atoms. The van der Waals surface area contributed by atoms with E-state index in [2.05, 4.69) is 44.1 Å². The predicted molar refractivity (Wildman–Crippen MR) is 84.1 cm³/mol. The Labute approximate surface area is 116 Å². The molecular weight excluding hydrogens is 256 g/mol. The first-order chi connectivity index (χ1) is 8.46. The summed E-state index contributed by atoms with van der Waals surface area (Å²) in [6.07, 6.45) is 1.06. The number of methoxy groups -OCH3 is 1. The van der Waals surface area contributed by atoms with Crippen molar-refractivity contribution < 1.29 is 4.74 Å². The first kappa shape index (κ1) is 15.2. The molecular formula is C15H22OSSi. The van der Waals surface area contributed by atoms with Gasteiger partial charge in [-0.15, -0.1) is 17.3 Å². The average Bonchev–Trinajstić information content (AvgIpc) is 2.33. The van der Waals surface area contributed by atoms with Crippen molar-refractivity contribution in [1.82, 2.24) is 0 Å². The Morgan fingerprint density at radius 3 is 2.50 bits per heavy atom. The fourth-order valence-corrected chi connectivity index (χ4v) is 3.11. The number of benzene rings is 1. The number of thioether (sulfide) groups is 1. The SMILES string of the molecule is CCC(C#C[Si](C)(C)C)Sc1ccccc1OC. The van der Waals surface area contributed by atoms with Gasteiger partial charge in [0.25, 0.3) is 0 Å². The summed E-state index contributed by atoms with van der Waals surface area (Å²) in [5.41, 5.74) is 3.46. The number of hydrogen-bond acceptors (Lipinski definition) is 2. The van der Waals surface area contributed by atoms with Gasteiger partial charge in [-0.25, -0.2) is 0 Å². The maximum absolute atomic E-state index is 5.38. The van der Waals surface area contributed by atoms with E-state index in [0.717, 1.165) is 12.2 Å². The fourth-order valence-electron chi connectivity index (χ4n) is 1.38. The maximum atomic E-state index is 5.38. The predicted octanol–water partition coefficient (Wildman–Crippen LogP) is 4.45. The number of rotatable bonds is 4. The lowest BCUT2D eigenvalue weighted by molar-refractivity contribution is 0.405. The second kappa shape index (κ2) is 6.91. The molecule has 0 saturated heterocycles. The largest absolute Gasteiger partial charge is 0.496 e. The van der Waals surface area contributed by atoms with Crippen LogP contribution in [-0.4, -0.2) is 20.4 Å². The van der Waals surface area contributed by atoms with E-state index in [1.54, 1.807) is 18.9 Å². The van der Waals surface area contributed by atoms with Crippen LogP contribution in [0.15, 0.2) is 29.2 Å². The minimum Gasteiger partial charge on any atom is -0.496 e. The highest BCUT2D eigenvalue weighted by molar-refractivity contribution is 8.00. The van der Waals surface area contributed by atoms with Crippen molar-refractivity contribution in [3.8, 4) is 17.2 Å². The molecule has 98 valence electrons. The standard InChI is InChI=1S/C15H22OSSi/c1-6-13(11-12-18(3,4)5)17-15-10-8-7-9-14(15)16-2/h7-10,13H,6H2,1-5H3. The smallest absolute Gasteiger partial charge is 0.132 e. The second-order valence-electron chi connectivity index (χ2n) is 5.18. The number of ether oxygens (including phenoxy) is 1. The van der Waals surface area contributed by atoms with Crippen LogP contribution in [0.4, 0.5) is 0 Å². The summed E-state index contributed by atoms with van der Waals surface area (Å²) in [5.74, 6) is 4.37. The summed E-state index contributed by atoms with van der Waals surface area (Å²) >= 11 is 1.80. The zero-order valence-electron chi connectivity index (χ0n) is 11.9. The molecule has 1 rings (SSSR count). The van der Waals surface area contributed by atoms with Crippen molar-refractivity contribution in [1.29, 1.82) is 0 Å². The lowest BCUT2D eigenvalue weighted by atomic mass is 10.3. The Hall–Kier alpha value is -0.853. The van der Waals surface area contributed by atoms with E-state index in [4.69, 9.17) is 4.74 Å². The Balaban J connectivity index is 2.82. The number of para-hydroxylation sites is 1. The molecule has 0 saturated carbocycles. The second-order valence-corrected chi connectivity index (χ2v) is 11.2. The van der Waals surface area contributed by atoms with Crippen molar-refractivity contribution in [3.63, 3.8) is 0 Å². The van der Waals surface area contributed by atoms with Crippen LogP contribution in [0.25, 0.3) is 0 Å². The van der Waals surface area contributed by atoms with Crippen molar-refractivity contribution in [2.45, 2.75) is 43.1 Å². The van der Waals surface area contributed by atoms with Gasteiger partial charge in [0.1, 0.15) is 13.8 Å². The quantitative estimate of drug-likeness (QED) is 0.457. The molecule has 0 bridgehead atoms. The zero-order valence-corrected chi connectivity index (χ0v) is 13.7. The highest BCUT2D eigenvalue weighted by atomic mass is 32.2. The van der Waals surface area contributed by atoms with E-state index in [-0.39, 0.29) is 0 Å². The van der Waals surface area contributed by atoms with Crippen molar-refractivity contribution in [2.24, 2.45) is 0 Å². The van der Waals surface area contributed by atoms with Crippen LogP contribution in [0.5, 0.6) is 5.75 Å². The molecule has 0 aromatic heterocycles. The van der Waals surface area contributed by atoms with Crippen LogP contribution in [0.1, 0.15) is 13.3 Å². The molecule has 3 heteroatoms. The summed E-state index contributed by atoms with van der Waals surface area (Å²) in [7, 11) is 0.435. The van der Waals surface area contributed by atoms with Gasteiger partial charge in [-0.1, -0.05) is 44.6 Å². The topological polar surface area (TPSA) is 9.23 Å². The molecule has 1 aromatic carbocycles. The van der Waals surface area contributed by atoms with Gasteiger partial charge in [-0.2, -0.15) is 0 Å². The molecule has 0 aliphatic carbocycles. The summed E-state index contributed by atoms with van der Waals surface area (Å²) in [4.78, 5) is 1.18. The molecule has 0 aliphatic rings. The highest BCUT2D eigenvalue weighted by Crippen LogP contribution is 2.32. The molecule has 18 heavy (non-hydrogen) atoms. The average molecular weight is 278 g/mol. The first-order valence-electron chi connectivity index (χ1n) is 6.28. The molecule has 1 unspecified atom stereocenters. The molecule has 1 atom stereocenters. The molecule has 0 radical (unpaired) electrons. The van der Waals surface area contributed by atoms with Crippen LogP contribution >= 0.6 is 11.8 Å². The molecule has 0 amide bonds. The number of hydrogen-bond donors (Lipinski definition) is 0. The van der Waals surface area contributed by atoms with Crippen LogP contribution in [0.3, 0.4) is 0 Å². The summed E-state index contributed by atoms with van der Waals surface area (Å²) in [6, 6.07) is 8.14. The van der Waals surface area contributed by atoms with Crippen LogP contribution in [0, 0.1) is 11.5 Å². The molecule has 0 heterocycles. The molecule has 1 aromatic rings. The minimum atomic E-state index is -1.28. The summed E-state index contributed by atoms with van der Waals surface area (Å²) < 4.78 is 5.38. The van der Waals surface area contributed by atoms with E-state index in [1.165, 1.54) is 4.90 Å².